The van der Waals surface area contributed by atoms with Crippen LogP contribution in [0.5, 0.6) is 0 Å². The number of anilines is 1. The van der Waals surface area contributed by atoms with E-state index in [1.54, 1.807) is 0 Å². The molecule has 0 saturated heterocycles. The normalized spacial score (nSPS) is 12.0. The van der Waals surface area contributed by atoms with Crippen molar-refractivity contribution in [3.63, 3.8) is 0 Å². The number of aliphatic hydroxyl groups is 1. The number of carbonyl (C=O) groups excluding carboxylic acids is 1. The number of hydrogen-bond donors (Lipinski definition) is 2. The minimum absolute atomic E-state index is 0.125. The Bertz CT molecular complexity index is 883. The van der Waals surface area contributed by atoms with Crippen molar-refractivity contribution in [1.29, 1.82) is 0 Å². The maximum Gasteiger partial charge on any atom is 0.251 e. The van der Waals surface area contributed by atoms with E-state index in [0.29, 0.717) is 18.5 Å². The molecule has 0 radical (unpaired) electrons. The lowest BCUT2D eigenvalue weighted by Gasteiger charge is -2.15. The summed E-state index contributed by atoms with van der Waals surface area (Å²) in [6.45, 7) is 0.415. The van der Waals surface area contributed by atoms with E-state index in [1.807, 2.05) is 85.7 Å². The van der Waals surface area contributed by atoms with Gasteiger partial charge >= 0.3 is 0 Å². The van der Waals surface area contributed by atoms with Crippen LogP contribution in [-0.2, 0) is 0 Å². The molecule has 4 nitrogen and oxygen atoms in total. The van der Waals surface area contributed by atoms with Crippen LogP contribution in [0.3, 0.4) is 0 Å². The molecule has 0 aliphatic rings. The predicted molar refractivity (Wildman–Crippen MR) is 107 cm³/mol. The number of carbonyl (C=O) groups is 1. The molecule has 0 aromatic heterocycles. The third-order valence-corrected chi connectivity index (χ3v) is 4.53. The summed E-state index contributed by atoms with van der Waals surface area (Å²) in [6.07, 6.45) is -0.146. The van der Waals surface area contributed by atoms with Gasteiger partial charge in [-0.2, -0.15) is 0 Å². The molecular weight excluding hydrogens is 324 g/mol. The molecule has 4 heteroatoms. The van der Waals surface area contributed by atoms with E-state index in [2.05, 4.69) is 5.32 Å². The SMILES string of the molecule is CN(C)c1ccc(C(=O)NCC[C@@H](O)c2cccc3ccccc23)cc1. The fourth-order valence-corrected chi connectivity index (χ4v) is 3.03. The quantitative estimate of drug-likeness (QED) is 0.713. The largest absolute Gasteiger partial charge is 0.388 e. The Hall–Kier alpha value is -2.85. The Balaban J connectivity index is 1.59. The van der Waals surface area contributed by atoms with Gasteiger partial charge in [0.1, 0.15) is 0 Å². The van der Waals surface area contributed by atoms with Gasteiger partial charge in [0.05, 0.1) is 6.10 Å². The van der Waals surface area contributed by atoms with Gasteiger partial charge in [-0.1, -0.05) is 42.5 Å². The highest BCUT2D eigenvalue weighted by Crippen LogP contribution is 2.25. The lowest BCUT2D eigenvalue weighted by Crippen LogP contribution is -2.25. The van der Waals surface area contributed by atoms with Crippen molar-refractivity contribution in [2.45, 2.75) is 12.5 Å². The van der Waals surface area contributed by atoms with Gasteiger partial charge in [-0.25, -0.2) is 0 Å². The van der Waals surface area contributed by atoms with Crippen LogP contribution in [0.4, 0.5) is 5.69 Å². The first-order valence-electron chi connectivity index (χ1n) is 8.77. The molecule has 0 fully saturated rings. The van der Waals surface area contributed by atoms with E-state index in [4.69, 9.17) is 0 Å². The van der Waals surface area contributed by atoms with Crippen LogP contribution in [0, 0.1) is 0 Å². The van der Waals surface area contributed by atoms with Crippen molar-refractivity contribution in [3.8, 4) is 0 Å². The molecule has 0 aliphatic carbocycles. The van der Waals surface area contributed by atoms with Crippen molar-refractivity contribution in [2.24, 2.45) is 0 Å². The molecule has 0 spiro atoms. The highest BCUT2D eigenvalue weighted by molar-refractivity contribution is 5.94. The summed E-state index contributed by atoms with van der Waals surface area (Å²) in [5.74, 6) is -0.125. The zero-order valence-corrected chi connectivity index (χ0v) is 15.1. The maximum atomic E-state index is 12.2. The van der Waals surface area contributed by atoms with Gasteiger partial charge in [-0.05, 0) is 47.0 Å². The third kappa shape index (κ3) is 4.03. The summed E-state index contributed by atoms with van der Waals surface area (Å²) in [4.78, 5) is 14.2. The second-order valence-corrected chi connectivity index (χ2v) is 6.57. The summed E-state index contributed by atoms with van der Waals surface area (Å²) >= 11 is 0. The Labute approximate surface area is 154 Å². The Morgan fingerprint density at radius 1 is 1.00 bits per heavy atom. The molecule has 0 aliphatic heterocycles. The van der Waals surface area contributed by atoms with Crippen molar-refractivity contribution in [1.82, 2.24) is 5.32 Å². The number of hydrogen-bond acceptors (Lipinski definition) is 3. The molecule has 3 rings (SSSR count). The number of benzene rings is 3. The zero-order valence-electron chi connectivity index (χ0n) is 15.1. The highest BCUT2D eigenvalue weighted by atomic mass is 16.3. The minimum atomic E-state index is -0.613. The van der Waals surface area contributed by atoms with E-state index in [-0.39, 0.29) is 5.91 Å². The molecular formula is C22H24N2O2. The standard InChI is InChI=1S/C22H24N2O2/c1-24(2)18-12-10-17(11-13-18)22(26)23-15-14-21(25)20-9-5-7-16-6-3-4-8-19(16)20/h3-13,21,25H,14-15H2,1-2H3,(H,23,26)/t21-/m1/s1. The number of amides is 1. The lowest BCUT2D eigenvalue weighted by molar-refractivity contribution is 0.0943. The third-order valence-electron chi connectivity index (χ3n) is 4.53. The van der Waals surface area contributed by atoms with Crippen LogP contribution in [-0.4, -0.2) is 31.7 Å². The van der Waals surface area contributed by atoms with Crippen LogP contribution >= 0.6 is 0 Å². The summed E-state index contributed by atoms with van der Waals surface area (Å²) in [5.41, 5.74) is 2.57. The van der Waals surface area contributed by atoms with Crippen molar-refractivity contribution in [3.05, 3.63) is 77.9 Å². The van der Waals surface area contributed by atoms with Crippen LogP contribution in [0.15, 0.2) is 66.7 Å². The second-order valence-electron chi connectivity index (χ2n) is 6.57. The number of aliphatic hydroxyl groups excluding tert-OH is 1. The number of rotatable bonds is 6. The average Bonchev–Trinajstić information content (AvgIpc) is 2.67. The smallest absolute Gasteiger partial charge is 0.251 e. The first-order valence-corrected chi connectivity index (χ1v) is 8.77. The average molecular weight is 348 g/mol. The van der Waals surface area contributed by atoms with Crippen LogP contribution in [0.2, 0.25) is 0 Å². The Morgan fingerprint density at radius 3 is 2.42 bits per heavy atom. The van der Waals surface area contributed by atoms with Gasteiger partial charge < -0.3 is 15.3 Å². The van der Waals surface area contributed by atoms with E-state index >= 15 is 0 Å². The Morgan fingerprint density at radius 2 is 1.69 bits per heavy atom. The number of nitrogens with zero attached hydrogens (tertiary/aromatic N) is 1. The summed E-state index contributed by atoms with van der Waals surface area (Å²) in [5, 5.41) is 15.6. The molecule has 0 saturated carbocycles. The number of fused-ring (bicyclic) bond motifs is 1. The molecule has 3 aromatic carbocycles. The van der Waals surface area contributed by atoms with Crippen molar-refractivity contribution in [2.75, 3.05) is 25.5 Å². The van der Waals surface area contributed by atoms with Crippen LogP contribution in [0.25, 0.3) is 10.8 Å². The van der Waals surface area contributed by atoms with Gasteiger partial charge in [0.25, 0.3) is 5.91 Å². The monoisotopic (exact) mass is 348 g/mol. The molecule has 26 heavy (non-hydrogen) atoms. The van der Waals surface area contributed by atoms with E-state index < -0.39 is 6.10 Å². The maximum absolute atomic E-state index is 12.2. The van der Waals surface area contributed by atoms with Gasteiger partial charge in [-0.3, -0.25) is 4.79 Å². The molecule has 0 bridgehead atoms. The topological polar surface area (TPSA) is 52.6 Å². The first-order chi connectivity index (χ1) is 12.6. The lowest BCUT2D eigenvalue weighted by atomic mass is 9.99. The summed E-state index contributed by atoms with van der Waals surface area (Å²) in [6, 6.07) is 21.4. The van der Waals surface area contributed by atoms with Crippen molar-refractivity contribution >= 4 is 22.4 Å². The fourth-order valence-electron chi connectivity index (χ4n) is 3.03. The van der Waals surface area contributed by atoms with Gasteiger partial charge in [-0.15, -0.1) is 0 Å². The van der Waals surface area contributed by atoms with Gasteiger partial charge in [0.2, 0.25) is 0 Å². The van der Waals surface area contributed by atoms with E-state index in [0.717, 1.165) is 22.0 Å². The minimum Gasteiger partial charge on any atom is -0.388 e. The number of nitrogens with one attached hydrogen (secondary N) is 1. The van der Waals surface area contributed by atoms with Gasteiger partial charge in [0.15, 0.2) is 0 Å². The van der Waals surface area contributed by atoms with E-state index in [9.17, 15) is 9.90 Å². The molecule has 1 amide bonds. The van der Waals surface area contributed by atoms with Gasteiger partial charge in [0, 0.05) is 31.9 Å². The van der Waals surface area contributed by atoms with Crippen LogP contribution < -0.4 is 10.2 Å². The van der Waals surface area contributed by atoms with Crippen LogP contribution in [0.1, 0.15) is 28.4 Å². The fraction of sp³-hybridized carbons (Fsp3) is 0.227. The van der Waals surface area contributed by atoms with Crippen molar-refractivity contribution < 1.29 is 9.90 Å². The second kappa shape index (κ2) is 8.02. The molecule has 1 atom stereocenters. The molecule has 3 aromatic rings. The zero-order chi connectivity index (χ0) is 18.5. The summed E-state index contributed by atoms with van der Waals surface area (Å²) in [7, 11) is 3.92. The molecule has 134 valence electrons. The van der Waals surface area contributed by atoms with E-state index in [1.165, 1.54) is 0 Å². The summed E-state index contributed by atoms with van der Waals surface area (Å²) < 4.78 is 0. The molecule has 2 N–H and O–H groups in total. The molecule has 0 heterocycles. The first kappa shape index (κ1) is 18.0. The predicted octanol–water partition coefficient (Wildman–Crippen LogP) is 3.76. The highest BCUT2D eigenvalue weighted by Gasteiger charge is 2.12. The molecule has 0 unspecified atom stereocenters. The Kier molecular flexibility index (Phi) is 5.54.